The van der Waals surface area contributed by atoms with E-state index < -0.39 is 10.0 Å². The predicted octanol–water partition coefficient (Wildman–Crippen LogP) is 3.28. The number of sulfonamides is 1. The van der Waals surface area contributed by atoms with E-state index in [1.807, 2.05) is 13.0 Å². The Bertz CT molecular complexity index is 1230. The number of aryl methyl sites for hydroxylation is 1. The lowest BCUT2D eigenvalue weighted by Crippen LogP contribution is -2.31. The van der Waals surface area contributed by atoms with E-state index in [0.29, 0.717) is 30.1 Å². The van der Waals surface area contributed by atoms with Crippen molar-refractivity contribution in [2.24, 2.45) is 0 Å². The molecule has 31 heavy (non-hydrogen) atoms. The van der Waals surface area contributed by atoms with Gasteiger partial charge in [-0.15, -0.1) is 0 Å². The van der Waals surface area contributed by atoms with Crippen molar-refractivity contribution in [3.05, 3.63) is 52.1 Å². The van der Waals surface area contributed by atoms with Crippen molar-refractivity contribution < 1.29 is 17.9 Å². The van der Waals surface area contributed by atoms with Crippen LogP contribution in [0, 0.1) is 0 Å². The predicted molar refractivity (Wildman–Crippen MR) is 125 cm³/mol. The number of carbonyl (C=O) groups is 1. The average Bonchev–Trinajstić information content (AvgIpc) is 3.04. The molecule has 0 saturated heterocycles. The quantitative estimate of drug-likeness (QED) is 0.525. The summed E-state index contributed by atoms with van der Waals surface area (Å²) in [4.78, 5) is 24.3. The Morgan fingerprint density at radius 1 is 1.19 bits per heavy atom. The zero-order valence-electron chi connectivity index (χ0n) is 17.6. The van der Waals surface area contributed by atoms with Gasteiger partial charge in [-0.3, -0.25) is 18.5 Å². The Morgan fingerprint density at radius 2 is 1.90 bits per heavy atom. The van der Waals surface area contributed by atoms with Crippen LogP contribution >= 0.6 is 11.3 Å². The van der Waals surface area contributed by atoms with E-state index in [2.05, 4.69) is 5.32 Å². The highest BCUT2D eigenvalue weighted by atomic mass is 32.2. The zero-order chi connectivity index (χ0) is 22.6. The summed E-state index contributed by atoms with van der Waals surface area (Å²) in [5.74, 6) is 0.414. The fraction of sp³-hybridized carbons (Fsp3) is 0.333. The minimum atomic E-state index is -3.49. The van der Waals surface area contributed by atoms with Crippen LogP contribution in [0.2, 0.25) is 0 Å². The van der Waals surface area contributed by atoms with Gasteiger partial charge in [-0.05, 0) is 55.8 Å². The number of ether oxygens (including phenoxy) is 1. The lowest BCUT2D eigenvalue weighted by Gasteiger charge is -2.22. The van der Waals surface area contributed by atoms with Crippen molar-refractivity contribution in [1.29, 1.82) is 0 Å². The lowest BCUT2D eigenvalue weighted by molar-refractivity contribution is -0.116. The Kier molecular flexibility index (Phi) is 7.01. The van der Waals surface area contributed by atoms with E-state index in [4.69, 9.17) is 4.74 Å². The Morgan fingerprint density at radius 3 is 2.52 bits per heavy atom. The van der Waals surface area contributed by atoms with Crippen LogP contribution in [0.5, 0.6) is 5.75 Å². The summed E-state index contributed by atoms with van der Waals surface area (Å²) < 4.78 is 33.3. The summed E-state index contributed by atoms with van der Waals surface area (Å²) in [5, 5.41) is 2.82. The number of hydrogen-bond donors (Lipinski definition) is 1. The third-order valence-electron chi connectivity index (χ3n) is 4.79. The van der Waals surface area contributed by atoms with E-state index in [9.17, 15) is 18.0 Å². The second-order valence-corrected chi connectivity index (χ2v) is 9.88. The number of hydrogen-bond acceptors (Lipinski definition) is 6. The molecule has 1 aromatic heterocycles. The molecule has 0 bridgehead atoms. The maximum Gasteiger partial charge on any atom is 0.308 e. The molecule has 0 aliphatic rings. The molecule has 0 aliphatic heterocycles. The van der Waals surface area contributed by atoms with Gasteiger partial charge in [0, 0.05) is 25.2 Å². The van der Waals surface area contributed by atoms with E-state index in [1.165, 1.54) is 4.31 Å². The van der Waals surface area contributed by atoms with Crippen LogP contribution in [0.1, 0.15) is 19.8 Å². The average molecular weight is 464 g/mol. The lowest BCUT2D eigenvalue weighted by atomic mass is 10.2. The first-order chi connectivity index (χ1) is 14.7. The molecule has 3 aromatic rings. The normalized spacial score (nSPS) is 11.5. The first-order valence-corrected chi connectivity index (χ1v) is 12.4. The summed E-state index contributed by atoms with van der Waals surface area (Å²) in [6, 6.07) is 12.1. The number of nitrogens with one attached hydrogen (secondary N) is 1. The summed E-state index contributed by atoms with van der Waals surface area (Å²) >= 11 is 1.14. The SMILES string of the molecule is CCn1c(=O)sc2cc(NC(=O)CCCN(c3ccc(OC)cc3)S(C)(=O)=O)ccc21. The van der Waals surface area contributed by atoms with Crippen LogP contribution < -0.4 is 19.2 Å². The fourth-order valence-corrected chi connectivity index (χ4v) is 5.25. The van der Waals surface area contributed by atoms with Gasteiger partial charge in [0.25, 0.3) is 0 Å². The van der Waals surface area contributed by atoms with Gasteiger partial charge in [0.1, 0.15) is 5.75 Å². The van der Waals surface area contributed by atoms with Crippen LogP contribution in [-0.2, 0) is 21.4 Å². The summed E-state index contributed by atoms with van der Waals surface area (Å²) in [7, 11) is -1.95. The van der Waals surface area contributed by atoms with Gasteiger partial charge in [0.2, 0.25) is 15.9 Å². The van der Waals surface area contributed by atoms with E-state index in [0.717, 1.165) is 27.8 Å². The van der Waals surface area contributed by atoms with Crippen molar-refractivity contribution in [2.45, 2.75) is 26.3 Å². The molecule has 1 heterocycles. The molecule has 0 radical (unpaired) electrons. The third-order valence-corrected chi connectivity index (χ3v) is 6.93. The van der Waals surface area contributed by atoms with Gasteiger partial charge in [-0.2, -0.15) is 0 Å². The molecule has 0 fully saturated rings. The number of rotatable bonds is 9. The topological polar surface area (TPSA) is 97.7 Å². The number of methoxy groups -OCH3 is 1. The molecule has 3 rings (SSSR count). The fourth-order valence-electron chi connectivity index (χ4n) is 3.29. The summed E-state index contributed by atoms with van der Waals surface area (Å²) in [6.07, 6.45) is 1.65. The number of benzene rings is 2. The van der Waals surface area contributed by atoms with Crippen LogP contribution in [0.25, 0.3) is 10.2 Å². The van der Waals surface area contributed by atoms with Gasteiger partial charge >= 0.3 is 4.87 Å². The van der Waals surface area contributed by atoms with Crippen LogP contribution in [-0.4, -0.2) is 38.8 Å². The van der Waals surface area contributed by atoms with Gasteiger partial charge in [0.15, 0.2) is 0 Å². The van der Waals surface area contributed by atoms with Crippen molar-refractivity contribution in [3.63, 3.8) is 0 Å². The molecule has 0 atom stereocenters. The number of anilines is 2. The number of aromatic nitrogens is 1. The number of thiazole rings is 1. The van der Waals surface area contributed by atoms with Crippen molar-refractivity contribution in [1.82, 2.24) is 4.57 Å². The standard InChI is InChI=1S/C21H25N3O5S2/c1-4-23-18-12-7-15(14-19(18)30-21(23)26)22-20(25)6-5-13-24(31(3,27)28)16-8-10-17(29-2)11-9-16/h7-12,14H,4-6,13H2,1-3H3,(H,22,25). The second kappa shape index (κ2) is 9.52. The summed E-state index contributed by atoms with van der Waals surface area (Å²) in [5.41, 5.74) is 1.97. The third kappa shape index (κ3) is 5.45. The Hall–Kier alpha value is -2.85. The van der Waals surface area contributed by atoms with E-state index >= 15 is 0 Å². The Balaban J connectivity index is 1.62. The number of amides is 1. The minimum Gasteiger partial charge on any atom is -0.497 e. The minimum absolute atomic E-state index is 0.0274. The highest BCUT2D eigenvalue weighted by molar-refractivity contribution is 7.92. The van der Waals surface area contributed by atoms with Crippen molar-refractivity contribution in [2.75, 3.05) is 29.5 Å². The van der Waals surface area contributed by atoms with Crippen molar-refractivity contribution >= 4 is 48.9 Å². The van der Waals surface area contributed by atoms with E-state index in [1.54, 1.807) is 48.1 Å². The largest absolute Gasteiger partial charge is 0.497 e. The molecule has 2 aromatic carbocycles. The highest BCUT2D eigenvalue weighted by Crippen LogP contribution is 2.23. The van der Waals surface area contributed by atoms with Gasteiger partial charge < -0.3 is 10.1 Å². The molecular weight excluding hydrogens is 438 g/mol. The van der Waals surface area contributed by atoms with Gasteiger partial charge in [-0.25, -0.2) is 8.42 Å². The van der Waals surface area contributed by atoms with Gasteiger partial charge in [0.05, 0.1) is 29.3 Å². The molecule has 8 nitrogen and oxygen atoms in total. The van der Waals surface area contributed by atoms with Crippen LogP contribution in [0.15, 0.2) is 47.3 Å². The molecule has 0 saturated carbocycles. The smallest absolute Gasteiger partial charge is 0.308 e. The first kappa shape index (κ1) is 22.8. The summed E-state index contributed by atoms with van der Waals surface area (Å²) in [6.45, 7) is 2.68. The molecule has 0 spiro atoms. The molecule has 1 N–H and O–H groups in total. The first-order valence-electron chi connectivity index (χ1n) is 9.78. The molecule has 10 heteroatoms. The van der Waals surface area contributed by atoms with Gasteiger partial charge in [-0.1, -0.05) is 11.3 Å². The number of fused-ring (bicyclic) bond motifs is 1. The molecule has 166 valence electrons. The maximum atomic E-state index is 12.4. The molecule has 1 amide bonds. The number of nitrogens with zero attached hydrogens (tertiary/aromatic N) is 2. The maximum absolute atomic E-state index is 12.4. The number of carbonyl (C=O) groups excluding carboxylic acids is 1. The van der Waals surface area contributed by atoms with Crippen LogP contribution in [0.4, 0.5) is 11.4 Å². The highest BCUT2D eigenvalue weighted by Gasteiger charge is 2.18. The molecular formula is C21H25N3O5S2. The zero-order valence-corrected chi connectivity index (χ0v) is 19.3. The second-order valence-electron chi connectivity index (χ2n) is 6.98. The molecule has 0 aliphatic carbocycles. The monoisotopic (exact) mass is 463 g/mol. The Labute approximate surface area is 185 Å². The van der Waals surface area contributed by atoms with E-state index in [-0.39, 0.29) is 23.7 Å². The van der Waals surface area contributed by atoms with Crippen LogP contribution in [0.3, 0.4) is 0 Å². The van der Waals surface area contributed by atoms with Crippen molar-refractivity contribution in [3.8, 4) is 5.75 Å². The molecule has 0 unspecified atom stereocenters.